The maximum atomic E-state index is 12.7. The molecule has 192 valence electrons. The number of aromatic nitrogens is 5. The van der Waals surface area contributed by atoms with Crippen molar-refractivity contribution in [3.63, 3.8) is 0 Å². The van der Waals surface area contributed by atoms with Crippen LogP contribution in [-0.4, -0.2) is 55.4 Å². The molecular weight excluding hydrogens is 519 g/mol. The minimum absolute atomic E-state index is 0.170. The molecule has 1 fully saturated rings. The molecule has 1 aliphatic carbocycles. The number of methoxy groups -OCH3 is 1. The zero-order valence-electron chi connectivity index (χ0n) is 20.2. The summed E-state index contributed by atoms with van der Waals surface area (Å²) in [6, 6.07) is 7.21. The molecule has 2 heterocycles. The first kappa shape index (κ1) is 26.4. The van der Waals surface area contributed by atoms with Gasteiger partial charge in [0.2, 0.25) is 11.0 Å². The van der Waals surface area contributed by atoms with Crippen LogP contribution in [-0.2, 0) is 11.3 Å². The van der Waals surface area contributed by atoms with Crippen LogP contribution < -0.4 is 15.4 Å². The van der Waals surface area contributed by atoms with Gasteiger partial charge in [0, 0.05) is 11.6 Å². The summed E-state index contributed by atoms with van der Waals surface area (Å²) in [6.45, 7) is 2.30. The lowest BCUT2D eigenvalue weighted by molar-refractivity contribution is -0.113. The average Bonchev–Trinajstić information content (AvgIpc) is 3.53. The van der Waals surface area contributed by atoms with Gasteiger partial charge in [0.25, 0.3) is 5.91 Å². The van der Waals surface area contributed by atoms with Crippen LogP contribution in [0.3, 0.4) is 0 Å². The Morgan fingerprint density at radius 3 is 2.58 bits per heavy atom. The third-order valence-corrected chi connectivity index (χ3v) is 8.48. The molecule has 0 bridgehead atoms. The van der Waals surface area contributed by atoms with Crippen LogP contribution in [0.1, 0.15) is 61.3 Å². The number of anilines is 1. The van der Waals surface area contributed by atoms with Crippen LogP contribution in [0.4, 0.5) is 5.13 Å². The van der Waals surface area contributed by atoms with Gasteiger partial charge in [-0.15, -0.1) is 20.4 Å². The summed E-state index contributed by atoms with van der Waals surface area (Å²) in [7, 11) is 1.59. The molecule has 0 radical (unpaired) electrons. The zero-order chi connectivity index (χ0) is 25.3. The van der Waals surface area contributed by atoms with E-state index in [0.717, 1.165) is 35.8 Å². The number of nitrogens with one attached hydrogen (secondary N) is 2. The third kappa shape index (κ3) is 6.98. The molecule has 1 saturated carbocycles. The van der Waals surface area contributed by atoms with Crippen molar-refractivity contribution in [1.29, 1.82) is 0 Å². The molecule has 0 atom stereocenters. The molecule has 3 aromatic rings. The van der Waals surface area contributed by atoms with Crippen LogP contribution in [0.2, 0.25) is 0 Å². The van der Waals surface area contributed by atoms with Gasteiger partial charge in [0.1, 0.15) is 5.75 Å². The molecule has 13 heteroatoms. The predicted octanol–water partition coefficient (Wildman–Crippen LogP) is 4.42. The van der Waals surface area contributed by atoms with Crippen LogP contribution in [0, 0.1) is 0 Å². The van der Waals surface area contributed by atoms with Crippen molar-refractivity contribution in [2.45, 2.75) is 61.1 Å². The SMILES string of the molecule is CCSc1nnc(NC(=O)CSc2nnc(CNC(=O)c3ccc(OC)cc3)n2C2CCCCC2)s1. The van der Waals surface area contributed by atoms with E-state index in [1.165, 1.54) is 29.5 Å². The summed E-state index contributed by atoms with van der Waals surface area (Å²) < 4.78 is 8.09. The van der Waals surface area contributed by atoms with Crippen molar-refractivity contribution in [2.24, 2.45) is 0 Å². The standard InChI is InChI=1S/C23H29N7O3S3/c1-3-34-23-29-27-21(36-23)25-19(31)14-35-22-28-26-18(30(22)16-7-5-4-6-8-16)13-24-20(32)15-9-11-17(33-2)12-10-15/h9-12,16H,3-8,13-14H2,1-2H3,(H,24,32)(H,25,27,31). The molecule has 0 aliphatic heterocycles. The smallest absolute Gasteiger partial charge is 0.251 e. The summed E-state index contributed by atoms with van der Waals surface area (Å²) in [5.41, 5.74) is 0.544. The van der Waals surface area contributed by atoms with Crippen molar-refractivity contribution in [3.8, 4) is 5.75 Å². The fourth-order valence-corrected chi connectivity index (χ4v) is 6.45. The molecule has 10 nitrogen and oxygen atoms in total. The number of rotatable bonds is 11. The maximum absolute atomic E-state index is 12.7. The first-order chi connectivity index (χ1) is 17.6. The van der Waals surface area contributed by atoms with E-state index in [2.05, 4.69) is 35.6 Å². The fraction of sp³-hybridized carbons (Fsp3) is 0.478. The van der Waals surface area contributed by atoms with Crippen molar-refractivity contribution >= 4 is 51.8 Å². The Morgan fingerprint density at radius 2 is 1.86 bits per heavy atom. The van der Waals surface area contributed by atoms with Gasteiger partial charge in [0.05, 0.1) is 19.4 Å². The molecule has 1 aliphatic rings. The lowest BCUT2D eigenvalue weighted by Crippen LogP contribution is -2.26. The van der Waals surface area contributed by atoms with E-state index in [4.69, 9.17) is 4.74 Å². The van der Waals surface area contributed by atoms with Gasteiger partial charge in [-0.25, -0.2) is 0 Å². The van der Waals surface area contributed by atoms with Crippen LogP contribution in [0.5, 0.6) is 5.75 Å². The highest BCUT2D eigenvalue weighted by Gasteiger charge is 2.24. The Bertz CT molecular complexity index is 1160. The largest absolute Gasteiger partial charge is 0.497 e. The molecule has 2 amide bonds. The Morgan fingerprint density at radius 1 is 1.08 bits per heavy atom. The van der Waals surface area contributed by atoms with E-state index in [-0.39, 0.29) is 30.2 Å². The third-order valence-electron chi connectivity index (χ3n) is 5.69. The molecule has 2 N–H and O–H groups in total. The van der Waals surface area contributed by atoms with Crippen LogP contribution in [0.25, 0.3) is 0 Å². The number of hydrogen-bond donors (Lipinski definition) is 2. The number of carbonyl (C=O) groups is 2. The van der Waals surface area contributed by atoms with E-state index in [1.54, 1.807) is 43.1 Å². The number of benzene rings is 1. The quantitative estimate of drug-likeness (QED) is 0.265. The lowest BCUT2D eigenvalue weighted by Gasteiger charge is -2.25. The molecule has 4 rings (SSSR count). The molecular formula is C23H29N7O3S3. The van der Waals surface area contributed by atoms with Crippen molar-refractivity contribution in [1.82, 2.24) is 30.3 Å². The van der Waals surface area contributed by atoms with Gasteiger partial charge < -0.3 is 14.6 Å². The molecule has 0 unspecified atom stereocenters. The number of carbonyl (C=O) groups excluding carboxylic acids is 2. The molecule has 2 aromatic heterocycles. The number of ether oxygens (including phenoxy) is 1. The molecule has 0 spiro atoms. The summed E-state index contributed by atoms with van der Waals surface area (Å²) in [4.78, 5) is 25.2. The second kappa shape index (κ2) is 13.1. The number of amides is 2. The monoisotopic (exact) mass is 547 g/mol. The van der Waals surface area contributed by atoms with Gasteiger partial charge in [-0.05, 0) is 42.9 Å². The molecule has 1 aromatic carbocycles. The van der Waals surface area contributed by atoms with Gasteiger partial charge in [0.15, 0.2) is 15.3 Å². The van der Waals surface area contributed by atoms with Crippen molar-refractivity contribution in [2.75, 3.05) is 23.9 Å². The van der Waals surface area contributed by atoms with Gasteiger partial charge in [-0.1, -0.05) is 61.0 Å². The van der Waals surface area contributed by atoms with Gasteiger partial charge >= 0.3 is 0 Å². The summed E-state index contributed by atoms with van der Waals surface area (Å²) in [6.07, 6.45) is 5.55. The Kier molecular flexibility index (Phi) is 9.59. The van der Waals surface area contributed by atoms with E-state index >= 15 is 0 Å². The van der Waals surface area contributed by atoms with Gasteiger partial charge in [-0.2, -0.15) is 0 Å². The first-order valence-corrected chi connectivity index (χ1v) is 14.6. The van der Waals surface area contributed by atoms with Crippen molar-refractivity contribution < 1.29 is 14.3 Å². The zero-order valence-corrected chi connectivity index (χ0v) is 22.7. The minimum Gasteiger partial charge on any atom is -0.497 e. The number of thioether (sulfide) groups is 2. The van der Waals surface area contributed by atoms with Crippen LogP contribution >= 0.6 is 34.9 Å². The Hall–Kier alpha value is -2.64. The first-order valence-electron chi connectivity index (χ1n) is 11.8. The number of nitrogens with zero attached hydrogens (tertiary/aromatic N) is 5. The lowest BCUT2D eigenvalue weighted by atomic mass is 9.95. The summed E-state index contributed by atoms with van der Waals surface area (Å²) in [5.74, 6) is 2.10. The maximum Gasteiger partial charge on any atom is 0.251 e. The second-order valence-corrected chi connectivity index (χ2v) is 11.5. The van der Waals surface area contributed by atoms with E-state index in [0.29, 0.717) is 27.4 Å². The Labute approximate surface area is 222 Å². The van der Waals surface area contributed by atoms with Crippen LogP contribution in [0.15, 0.2) is 33.8 Å². The highest BCUT2D eigenvalue weighted by Crippen LogP contribution is 2.33. The average molecular weight is 548 g/mol. The van der Waals surface area contributed by atoms with E-state index < -0.39 is 0 Å². The van der Waals surface area contributed by atoms with E-state index in [1.807, 2.05) is 6.92 Å². The molecule has 36 heavy (non-hydrogen) atoms. The molecule has 0 saturated heterocycles. The number of hydrogen-bond acceptors (Lipinski definition) is 10. The minimum atomic E-state index is -0.193. The van der Waals surface area contributed by atoms with E-state index in [9.17, 15) is 9.59 Å². The highest BCUT2D eigenvalue weighted by atomic mass is 32.2. The predicted molar refractivity (Wildman–Crippen MR) is 142 cm³/mol. The van der Waals surface area contributed by atoms with Gasteiger partial charge in [-0.3, -0.25) is 14.9 Å². The Balaban J connectivity index is 1.40. The van der Waals surface area contributed by atoms with Crippen molar-refractivity contribution in [3.05, 3.63) is 35.7 Å². The fourth-order valence-electron chi connectivity index (χ4n) is 3.96. The highest BCUT2D eigenvalue weighted by molar-refractivity contribution is 8.01. The second-order valence-electron chi connectivity index (χ2n) is 8.11. The topological polar surface area (TPSA) is 124 Å². The summed E-state index contributed by atoms with van der Waals surface area (Å²) in [5, 5.41) is 23.8. The normalized spacial score (nSPS) is 13.9. The summed E-state index contributed by atoms with van der Waals surface area (Å²) >= 11 is 4.30.